The second-order valence-corrected chi connectivity index (χ2v) is 6.98. The summed E-state index contributed by atoms with van der Waals surface area (Å²) in [4.78, 5) is 0. The molecule has 0 radical (unpaired) electrons. The van der Waals surface area contributed by atoms with Crippen LogP contribution in [0.25, 0.3) is 0 Å². The fraction of sp³-hybridized carbons (Fsp3) is 0.478. The molecule has 1 saturated heterocycles. The quantitative estimate of drug-likeness (QED) is 0.634. The molecular formula is C23H30O2. The third-order valence-corrected chi connectivity index (χ3v) is 4.96. The maximum atomic E-state index is 6.10. The molecule has 0 unspecified atom stereocenters. The van der Waals surface area contributed by atoms with Crippen molar-refractivity contribution in [2.75, 3.05) is 13.2 Å². The Morgan fingerprint density at radius 3 is 1.56 bits per heavy atom. The van der Waals surface area contributed by atoms with Crippen LogP contribution in [0.5, 0.6) is 0 Å². The number of hydrogen-bond donors (Lipinski definition) is 0. The molecule has 0 saturated carbocycles. The Labute approximate surface area is 152 Å². The molecule has 0 amide bonds. The predicted molar refractivity (Wildman–Crippen MR) is 103 cm³/mol. The molecule has 134 valence electrons. The summed E-state index contributed by atoms with van der Waals surface area (Å²) >= 11 is 0. The Morgan fingerprint density at radius 2 is 1.16 bits per heavy atom. The first-order valence-electron chi connectivity index (χ1n) is 9.71. The highest BCUT2D eigenvalue weighted by Crippen LogP contribution is 2.30. The molecule has 2 aromatic carbocycles. The summed E-state index contributed by atoms with van der Waals surface area (Å²) in [6.45, 7) is 5.68. The van der Waals surface area contributed by atoms with E-state index in [9.17, 15) is 0 Å². The Morgan fingerprint density at radius 1 is 0.680 bits per heavy atom. The first-order chi connectivity index (χ1) is 12.3. The summed E-state index contributed by atoms with van der Waals surface area (Å²) in [7, 11) is 0. The average molecular weight is 338 g/mol. The van der Waals surface area contributed by atoms with Crippen LogP contribution in [0, 0.1) is 0 Å². The van der Waals surface area contributed by atoms with Gasteiger partial charge < -0.3 is 9.47 Å². The average Bonchev–Trinajstić information content (AvgIpc) is 2.68. The number of unbranched alkanes of at least 4 members (excludes halogenated alkanes) is 1. The van der Waals surface area contributed by atoms with Gasteiger partial charge in [0.1, 0.15) is 12.2 Å². The van der Waals surface area contributed by atoms with Gasteiger partial charge in [-0.15, -0.1) is 0 Å². The van der Waals surface area contributed by atoms with Gasteiger partial charge in [-0.2, -0.15) is 0 Å². The zero-order valence-corrected chi connectivity index (χ0v) is 15.5. The first-order valence-corrected chi connectivity index (χ1v) is 9.71. The van der Waals surface area contributed by atoms with Crippen LogP contribution < -0.4 is 0 Å². The van der Waals surface area contributed by atoms with E-state index in [0.29, 0.717) is 13.2 Å². The van der Waals surface area contributed by atoms with Gasteiger partial charge in [-0.25, -0.2) is 0 Å². The van der Waals surface area contributed by atoms with E-state index in [2.05, 4.69) is 62.4 Å². The summed E-state index contributed by atoms with van der Waals surface area (Å²) in [5, 5.41) is 0. The van der Waals surface area contributed by atoms with Crippen LogP contribution in [-0.4, -0.2) is 13.2 Å². The molecule has 0 spiro atoms. The molecule has 2 atom stereocenters. The van der Waals surface area contributed by atoms with Crippen molar-refractivity contribution in [1.82, 2.24) is 0 Å². The van der Waals surface area contributed by atoms with Gasteiger partial charge in [0, 0.05) is 0 Å². The molecule has 0 aromatic heterocycles. The molecular weight excluding hydrogens is 308 g/mol. The van der Waals surface area contributed by atoms with Gasteiger partial charge in [-0.05, 0) is 41.5 Å². The summed E-state index contributed by atoms with van der Waals surface area (Å²) in [6.07, 6.45) is 6.07. The molecule has 0 bridgehead atoms. The molecule has 1 aliphatic heterocycles. The highest BCUT2D eigenvalue weighted by molar-refractivity contribution is 5.26. The Hall–Kier alpha value is -1.64. The van der Waals surface area contributed by atoms with Crippen LogP contribution in [0.15, 0.2) is 48.5 Å². The normalized spacial score (nSPS) is 20.6. The minimum Gasteiger partial charge on any atom is -0.368 e. The lowest BCUT2D eigenvalue weighted by Crippen LogP contribution is -2.25. The smallest absolute Gasteiger partial charge is 0.106 e. The lowest BCUT2D eigenvalue weighted by molar-refractivity contribution is -0.137. The minimum absolute atomic E-state index is 0.0516. The standard InChI is InChI=1S/C23H30O2/c1-3-5-7-19-10-14-21(15-11-19)23-17-24-22(16-25-23)20-12-8-18(6-4-2)9-13-20/h8-15,22-23H,3-7,16-17H2,1-2H3/t22-,23+/m0/s1. The second kappa shape index (κ2) is 9.17. The maximum absolute atomic E-state index is 6.10. The van der Waals surface area contributed by atoms with Gasteiger partial charge in [-0.3, -0.25) is 0 Å². The highest BCUT2D eigenvalue weighted by Gasteiger charge is 2.24. The lowest BCUT2D eigenvalue weighted by atomic mass is 10.0. The Balaban J connectivity index is 1.54. The molecule has 1 aliphatic rings. The number of aryl methyl sites for hydroxylation is 2. The molecule has 3 rings (SSSR count). The van der Waals surface area contributed by atoms with Crippen molar-refractivity contribution in [3.63, 3.8) is 0 Å². The molecule has 1 fully saturated rings. The van der Waals surface area contributed by atoms with Crippen molar-refractivity contribution in [2.24, 2.45) is 0 Å². The Bertz CT molecular complexity index is 622. The molecule has 2 aromatic rings. The van der Waals surface area contributed by atoms with E-state index in [1.807, 2.05) is 0 Å². The first kappa shape index (κ1) is 18.2. The molecule has 25 heavy (non-hydrogen) atoms. The number of ether oxygens (including phenoxy) is 2. The van der Waals surface area contributed by atoms with Gasteiger partial charge in [-0.1, -0.05) is 75.2 Å². The van der Waals surface area contributed by atoms with E-state index in [-0.39, 0.29) is 12.2 Å². The van der Waals surface area contributed by atoms with Crippen molar-refractivity contribution >= 4 is 0 Å². The third kappa shape index (κ3) is 4.93. The fourth-order valence-corrected chi connectivity index (χ4v) is 3.36. The van der Waals surface area contributed by atoms with Gasteiger partial charge in [0.15, 0.2) is 0 Å². The largest absolute Gasteiger partial charge is 0.368 e. The summed E-state index contributed by atoms with van der Waals surface area (Å²) in [6, 6.07) is 17.6. The third-order valence-electron chi connectivity index (χ3n) is 4.96. The lowest BCUT2D eigenvalue weighted by Gasteiger charge is -2.30. The van der Waals surface area contributed by atoms with E-state index in [0.717, 1.165) is 12.8 Å². The zero-order chi connectivity index (χ0) is 17.5. The van der Waals surface area contributed by atoms with Crippen LogP contribution >= 0.6 is 0 Å². The van der Waals surface area contributed by atoms with Crippen LogP contribution in [0.3, 0.4) is 0 Å². The summed E-state index contributed by atoms with van der Waals surface area (Å²) in [5.74, 6) is 0. The van der Waals surface area contributed by atoms with Crippen molar-refractivity contribution in [2.45, 2.75) is 58.2 Å². The van der Waals surface area contributed by atoms with Gasteiger partial charge >= 0.3 is 0 Å². The van der Waals surface area contributed by atoms with Crippen molar-refractivity contribution in [1.29, 1.82) is 0 Å². The van der Waals surface area contributed by atoms with Crippen molar-refractivity contribution in [3.8, 4) is 0 Å². The topological polar surface area (TPSA) is 18.5 Å². The molecule has 2 nitrogen and oxygen atoms in total. The highest BCUT2D eigenvalue weighted by atomic mass is 16.6. The zero-order valence-electron chi connectivity index (χ0n) is 15.5. The molecule has 2 heteroatoms. The minimum atomic E-state index is 0.0516. The van der Waals surface area contributed by atoms with E-state index >= 15 is 0 Å². The second-order valence-electron chi connectivity index (χ2n) is 6.98. The van der Waals surface area contributed by atoms with Crippen molar-refractivity contribution in [3.05, 3.63) is 70.8 Å². The van der Waals surface area contributed by atoms with Crippen LogP contribution in [0.1, 0.15) is 67.6 Å². The van der Waals surface area contributed by atoms with E-state index in [1.165, 1.54) is 41.5 Å². The van der Waals surface area contributed by atoms with Crippen LogP contribution in [-0.2, 0) is 22.3 Å². The number of rotatable bonds is 7. The summed E-state index contributed by atoms with van der Waals surface area (Å²) in [5.41, 5.74) is 5.24. The fourth-order valence-electron chi connectivity index (χ4n) is 3.36. The van der Waals surface area contributed by atoms with Gasteiger partial charge in [0.2, 0.25) is 0 Å². The van der Waals surface area contributed by atoms with Crippen LogP contribution in [0.2, 0.25) is 0 Å². The summed E-state index contributed by atoms with van der Waals surface area (Å²) < 4.78 is 12.2. The molecule has 0 aliphatic carbocycles. The maximum Gasteiger partial charge on any atom is 0.106 e. The van der Waals surface area contributed by atoms with Crippen molar-refractivity contribution < 1.29 is 9.47 Å². The van der Waals surface area contributed by atoms with Gasteiger partial charge in [0.25, 0.3) is 0 Å². The van der Waals surface area contributed by atoms with E-state index in [1.54, 1.807) is 0 Å². The van der Waals surface area contributed by atoms with Gasteiger partial charge in [0.05, 0.1) is 13.2 Å². The molecule has 0 N–H and O–H groups in total. The molecule has 1 heterocycles. The SMILES string of the molecule is CCCCc1ccc([C@H]2CO[C@H](c3ccc(CCC)cc3)CO2)cc1. The van der Waals surface area contributed by atoms with Crippen LogP contribution in [0.4, 0.5) is 0 Å². The monoisotopic (exact) mass is 338 g/mol. The predicted octanol–water partition coefficient (Wildman–Crippen LogP) is 5.81. The number of benzene rings is 2. The Kier molecular flexibility index (Phi) is 6.66. The number of hydrogen-bond acceptors (Lipinski definition) is 2. The van der Waals surface area contributed by atoms with E-state index in [4.69, 9.17) is 9.47 Å². The van der Waals surface area contributed by atoms with E-state index < -0.39 is 0 Å².